The first kappa shape index (κ1) is 22.3. The van der Waals surface area contributed by atoms with E-state index in [2.05, 4.69) is 10.6 Å². The van der Waals surface area contributed by atoms with Crippen LogP contribution in [0.15, 0.2) is 12.1 Å². The number of piperazine rings is 1. The lowest BCUT2D eigenvalue weighted by atomic mass is 9.83. The highest BCUT2D eigenvalue weighted by molar-refractivity contribution is 6.07. The van der Waals surface area contributed by atoms with Crippen molar-refractivity contribution >= 4 is 23.5 Å². The minimum Gasteiger partial charge on any atom is -0.493 e. The van der Waals surface area contributed by atoms with Gasteiger partial charge in [0, 0.05) is 49.4 Å². The number of rotatable bonds is 6. The molecule has 1 unspecified atom stereocenters. The first-order chi connectivity index (χ1) is 15.2. The number of carbonyl (C=O) groups excluding carboxylic acids is 3. The number of ether oxygens (including phenoxy) is 1. The Labute approximate surface area is 185 Å². The van der Waals surface area contributed by atoms with Crippen LogP contribution in [0.25, 0.3) is 0 Å². The number of benzene rings is 1. The number of nitrogens with zero attached hydrogens (tertiary/aromatic N) is 2. The third-order valence-electron chi connectivity index (χ3n) is 6.76. The Kier molecular flexibility index (Phi) is 5.72. The fraction of sp³-hybridized carbons (Fsp3) is 0.591. The fourth-order valence-corrected chi connectivity index (χ4v) is 4.97. The molecule has 2 N–H and O–H groups in total. The van der Waals surface area contributed by atoms with Crippen molar-refractivity contribution in [2.75, 3.05) is 31.6 Å². The van der Waals surface area contributed by atoms with Crippen molar-refractivity contribution in [2.45, 2.75) is 44.7 Å². The summed E-state index contributed by atoms with van der Waals surface area (Å²) < 4.78 is 32.7. The summed E-state index contributed by atoms with van der Waals surface area (Å²) in [4.78, 5) is 41.1. The molecule has 4 rings (SSSR count). The van der Waals surface area contributed by atoms with Crippen LogP contribution in [-0.4, -0.2) is 61.1 Å². The first-order valence-electron chi connectivity index (χ1n) is 10.9. The Morgan fingerprint density at radius 2 is 2.00 bits per heavy atom. The van der Waals surface area contributed by atoms with Crippen molar-refractivity contribution in [3.63, 3.8) is 0 Å². The normalized spacial score (nSPS) is 26.6. The molecule has 1 aliphatic carbocycles. The topological polar surface area (TPSA) is 91.0 Å². The van der Waals surface area contributed by atoms with Gasteiger partial charge in [-0.15, -0.1) is 0 Å². The number of hydrogen-bond donors (Lipinski definition) is 2. The van der Waals surface area contributed by atoms with E-state index in [0.29, 0.717) is 25.3 Å². The highest BCUT2D eigenvalue weighted by Gasteiger charge is 2.56. The van der Waals surface area contributed by atoms with Crippen LogP contribution in [-0.2, 0) is 9.59 Å². The van der Waals surface area contributed by atoms with E-state index in [1.54, 1.807) is 11.8 Å². The highest BCUT2D eigenvalue weighted by atomic mass is 19.2. The van der Waals surface area contributed by atoms with Gasteiger partial charge in [-0.3, -0.25) is 14.9 Å². The number of anilines is 1. The van der Waals surface area contributed by atoms with Gasteiger partial charge in [-0.25, -0.2) is 9.18 Å². The Balaban J connectivity index is 1.43. The first-order valence-corrected chi connectivity index (χ1v) is 10.9. The van der Waals surface area contributed by atoms with Crippen LogP contribution in [0.4, 0.5) is 19.3 Å². The van der Waals surface area contributed by atoms with E-state index < -0.39 is 29.1 Å². The average molecular weight is 450 g/mol. The molecule has 3 fully saturated rings. The lowest BCUT2D eigenvalue weighted by Crippen LogP contribution is -2.56. The second kappa shape index (κ2) is 8.22. The maximum Gasteiger partial charge on any atom is 0.322 e. The number of urea groups is 1. The number of halogens is 2. The van der Waals surface area contributed by atoms with Crippen molar-refractivity contribution in [3.8, 4) is 5.75 Å². The van der Waals surface area contributed by atoms with Crippen LogP contribution in [0, 0.1) is 23.5 Å². The van der Waals surface area contributed by atoms with Crippen LogP contribution < -0.4 is 20.3 Å². The number of carbonyl (C=O) groups is 3. The van der Waals surface area contributed by atoms with E-state index in [1.165, 1.54) is 13.2 Å². The number of methoxy groups -OCH3 is 1. The molecule has 0 aromatic heterocycles. The minimum absolute atomic E-state index is 0.0586. The van der Waals surface area contributed by atoms with Crippen molar-refractivity contribution in [1.29, 1.82) is 0 Å². The van der Waals surface area contributed by atoms with Gasteiger partial charge in [-0.1, -0.05) is 6.92 Å². The summed E-state index contributed by atoms with van der Waals surface area (Å²) in [7, 11) is 1.28. The van der Waals surface area contributed by atoms with Gasteiger partial charge in [0.15, 0.2) is 11.6 Å². The molecular weight excluding hydrogens is 422 g/mol. The zero-order valence-electron chi connectivity index (χ0n) is 18.4. The lowest BCUT2D eigenvalue weighted by molar-refractivity contribution is -0.137. The van der Waals surface area contributed by atoms with E-state index >= 15 is 0 Å². The molecule has 0 bridgehead atoms. The molecule has 3 atom stereocenters. The van der Waals surface area contributed by atoms with Gasteiger partial charge in [0.2, 0.25) is 11.7 Å². The molecule has 4 amide bonds. The zero-order valence-corrected chi connectivity index (χ0v) is 18.4. The molecule has 2 heterocycles. The molecule has 174 valence electrons. The van der Waals surface area contributed by atoms with E-state index in [4.69, 9.17) is 4.74 Å². The molecular formula is C22H28F2N4O4. The third kappa shape index (κ3) is 3.86. The maximum absolute atomic E-state index is 14.0. The molecule has 1 aromatic carbocycles. The Bertz CT molecular complexity index is 954. The van der Waals surface area contributed by atoms with Crippen LogP contribution in [0.5, 0.6) is 5.75 Å². The van der Waals surface area contributed by atoms with Crippen molar-refractivity contribution in [3.05, 3.63) is 23.8 Å². The van der Waals surface area contributed by atoms with E-state index in [1.807, 2.05) is 11.8 Å². The molecule has 1 saturated carbocycles. The average Bonchev–Trinajstić information content (AvgIpc) is 3.56. The fourth-order valence-electron chi connectivity index (χ4n) is 4.97. The molecule has 2 aliphatic heterocycles. The summed E-state index contributed by atoms with van der Waals surface area (Å²) in [5.74, 6) is -3.02. The highest BCUT2D eigenvalue weighted by Crippen LogP contribution is 2.44. The number of nitrogens with one attached hydrogen (secondary N) is 2. The van der Waals surface area contributed by atoms with Crippen molar-refractivity contribution in [2.24, 2.45) is 11.8 Å². The third-order valence-corrected chi connectivity index (χ3v) is 6.76. The molecule has 32 heavy (non-hydrogen) atoms. The monoisotopic (exact) mass is 450 g/mol. The summed E-state index contributed by atoms with van der Waals surface area (Å²) in [5, 5.41) is 5.08. The van der Waals surface area contributed by atoms with Crippen molar-refractivity contribution < 1.29 is 27.9 Å². The molecule has 1 aromatic rings. The summed E-state index contributed by atoms with van der Waals surface area (Å²) >= 11 is 0. The van der Waals surface area contributed by atoms with Crippen LogP contribution in [0.2, 0.25) is 0 Å². The maximum atomic E-state index is 14.0. The summed E-state index contributed by atoms with van der Waals surface area (Å²) in [6.07, 6.45) is 1.95. The second-order valence-corrected chi connectivity index (χ2v) is 9.03. The molecule has 0 radical (unpaired) electrons. The van der Waals surface area contributed by atoms with Gasteiger partial charge in [-0.05, 0) is 32.1 Å². The predicted molar refractivity (Wildman–Crippen MR) is 112 cm³/mol. The van der Waals surface area contributed by atoms with Gasteiger partial charge < -0.3 is 19.9 Å². The molecule has 3 aliphatic rings. The minimum atomic E-state index is -1.03. The molecule has 0 spiro atoms. The lowest BCUT2D eigenvalue weighted by Gasteiger charge is -2.42. The SMILES string of the molecule is COc1cc(N2CCN(C(=O)[C@@H](C)CC3(C4CC4)NC(=O)NC3=O)C[C@@H]2C)cc(F)c1F. The van der Waals surface area contributed by atoms with Crippen molar-refractivity contribution in [1.82, 2.24) is 15.5 Å². The number of hydrogen-bond acceptors (Lipinski definition) is 5. The molecule has 10 heteroatoms. The van der Waals surface area contributed by atoms with Gasteiger partial charge in [0.1, 0.15) is 5.54 Å². The van der Waals surface area contributed by atoms with Crippen LogP contribution in [0.1, 0.15) is 33.1 Å². The predicted octanol–water partition coefficient (Wildman–Crippen LogP) is 2.02. The number of imide groups is 1. The van der Waals surface area contributed by atoms with Crippen LogP contribution >= 0.6 is 0 Å². The zero-order chi connectivity index (χ0) is 23.2. The number of amides is 4. The second-order valence-electron chi connectivity index (χ2n) is 9.03. The van der Waals surface area contributed by atoms with Gasteiger partial charge in [0.25, 0.3) is 5.91 Å². The van der Waals surface area contributed by atoms with Gasteiger partial charge in [-0.2, -0.15) is 4.39 Å². The molecule has 8 nitrogen and oxygen atoms in total. The summed E-state index contributed by atoms with van der Waals surface area (Å²) in [6.45, 7) is 4.94. The summed E-state index contributed by atoms with van der Waals surface area (Å²) in [5.41, 5.74) is -0.520. The Hall–Kier alpha value is -2.91. The standard InChI is InChI=1S/C22H28F2N4O4/c1-12(10-22(14-4-5-14)20(30)25-21(31)26-22)19(29)27-6-7-28(13(2)11-27)15-8-16(23)18(24)17(9-15)32-3/h8-9,12-14H,4-7,10-11H2,1-3H3,(H2,25,26,30,31)/t12-,13-,22?/m0/s1. The van der Waals surface area contributed by atoms with Gasteiger partial charge >= 0.3 is 6.03 Å². The Morgan fingerprint density at radius 3 is 2.56 bits per heavy atom. The van der Waals surface area contributed by atoms with E-state index in [0.717, 1.165) is 18.9 Å². The van der Waals surface area contributed by atoms with E-state index in [-0.39, 0.29) is 35.9 Å². The van der Waals surface area contributed by atoms with Crippen LogP contribution in [0.3, 0.4) is 0 Å². The van der Waals surface area contributed by atoms with Gasteiger partial charge in [0.05, 0.1) is 7.11 Å². The molecule has 2 saturated heterocycles. The largest absolute Gasteiger partial charge is 0.493 e. The van der Waals surface area contributed by atoms with E-state index in [9.17, 15) is 23.2 Å². The Morgan fingerprint density at radius 1 is 1.28 bits per heavy atom. The quantitative estimate of drug-likeness (QED) is 0.648. The summed E-state index contributed by atoms with van der Waals surface area (Å²) in [6, 6.07) is 1.94. The smallest absolute Gasteiger partial charge is 0.322 e.